The molecule has 70 valence electrons. The van der Waals surface area contributed by atoms with Crippen LogP contribution in [0.2, 0.25) is 0 Å². The van der Waals surface area contributed by atoms with E-state index >= 15 is 0 Å². The Morgan fingerprint density at radius 2 is 2.38 bits per heavy atom. The molecule has 0 atom stereocenters. The van der Waals surface area contributed by atoms with Gasteiger partial charge in [-0.2, -0.15) is 0 Å². The first kappa shape index (κ1) is 9.66. The molecule has 0 saturated heterocycles. The number of carboxylic acids is 1. The van der Waals surface area contributed by atoms with Gasteiger partial charge in [-0.25, -0.2) is 4.79 Å². The fourth-order valence-electron chi connectivity index (χ4n) is 0.897. The maximum atomic E-state index is 11.0. The Balaban J connectivity index is 3.48. The highest BCUT2D eigenvalue weighted by atomic mass is 32.1. The Morgan fingerprint density at radius 1 is 1.77 bits per heavy atom. The molecule has 0 aliphatic heterocycles. The molecule has 0 radical (unpaired) electrons. The van der Waals surface area contributed by atoms with E-state index in [9.17, 15) is 9.59 Å². The monoisotopic (exact) mass is 200 g/mol. The minimum Gasteiger partial charge on any atom is -0.477 e. The summed E-state index contributed by atoms with van der Waals surface area (Å²) in [6.45, 7) is 2.33. The molecule has 1 rings (SSSR count). The summed E-state index contributed by atoms with van der Waals surface area (Å²) in [6.07, 6.45) is 1.24. The van der Waals surface area contributed by atoms with Crippen molar-refractivity contribution < 1.29 is 9.90 Å². The van der Waals surface area contributed by atoms with Crippen LogP contribution in [-0.4, -0.2) is 20.6 Å². The summed E-state index contributed by atoms with van der Waals surface area (Å²) < 4.78 is 1.72. The van der Waals surface area contributed by atoms with Gasteiger partial charge in [0.25, 0.3) is 5.56 Å². The van der Waals surface area contributed by atoms with Crippen LogP contribution in [0.1, 0.15) is 17.3 Å². The van der Waals surface area contributed by atoms with Gasteiger partial charge in [-0.15, -0.1) is 0 Å². The SMILES string of the molecule is CCn1cc(C(=O)O)c(=O)[nH]c1=S. The summed E-state index contributed by atoms with van der Waals surface area (Å²) in [6, 6.07) is 0. The number of aromatic amines is 1. The number of aryl methyl sites for hydroxylation is 1. The van der Waals surface area contributed by atoms with E-state index in [1.807, 2.05) is 0 Å². The number of H-pyrrole nitrogens is 1. The molecule has 0 unspecified atom stereocenters. The third-order valence-electron chi connectivity index (χ3n) is 1.58. The van der Waals surface area contributed by atoms with Crippen LogP contribution in [0.25, 0.3) is 0 Å². The molecular formula is C7H8N2O3S. The van der Waals surface area contributed by atoms with Crippen LogP contribution in [-0.2, 0) is 6.54 Å². The predicted molar refractivity (Wildman–Crippen MR) is 48.5 cm³/mol. The quantitative estimate of drug-likeness (QED) is 0.686. The minimum atomic E-state index is -1.25. The average Bonchev–Trinajstić information content (AvgIpc) is 2.03. The van der Waals surface area contributed by atoms with Gasteiger partial charge in [0.1, 0.15) is 5.56 Å². The van der Waals surface area contributed by atoms with E-state index in [4.69, 9.17) is 17.3 Å². The molecule has 5 nitrogen and oxygen atoms in total. The number of nitrogens with one attached hydrogen (secondary N) is 1. The van der Waals surface area contributed by atoms with Crippen molar-refractivity contribution in [1.29, 1.82) is 0 Å². The molecule has 2 N–H and O–H groups in total. The molecular weight excluding hydrogens is 192 g/mol. The molecule has 0 saturated carbocycles. The van der Waals surface area contributed by atoms with Gasteiger partial charge >= 0.3 is 5.97 Å². The molecule has 0 amide bonds. The molecule has 1 heterocycles. The predicted octanol–water partition coefficient (Wildman–Crippen LogP) is 0.624. The Labute approximate surface area is 78.7 Å². The Morgan fingerprint density at radius 3 is 2.85 bits per heavy atom. The van der Waals surface area contributed by atoms with E-state index in [1.165, 1.54) is 10.8 Å². The largest absolute Gasteiger partial charge is 0.477 e. The molecule has 6 heteroatoms. The number of carboxylic acid groups (broad SMARTS) is 1. The fraction of sp³-hybridized carbons (Fsp3) is 0.286. The van der Waals surface area contributed by atoms with Crippen molar-refractivity contribution in [3.8, 4) is 0 Å². The highest BCUT2D eigenvalue weighted by Crippen LogP contribution is 1.92. The van der Waals surface area contributed by atoms with Crippen LogP contribution < -0.4 is 5.56 Å². The van der Waals surface area contributed by atoms with Crippen molar-refractivity contribution in [3.63, 3.8) is 0 Å². The number of carbonyl (C=O) groups is 1. The number of rotatable bonds is 2. The Hall–Kier alpha value is -1.43. The topological polar surface area (TPSA) is 75.1 Å². The zero-order valence-electron chi connectivity index (χ0n) is 6.90. The van der Waals surface area contributed by atoms with Crippen molar-refractivity contribution in [2.24, 2.45) is 0 Å². The number of nitrogens with zero attached hydrogens (tertiary/aromatic N) is 1. The summed E-state index contributed by atoms with van der Waals surface area (Å²) in [5, 5.41) is 8.61. The zero-order chi connectivity index (χ0) is 10.0. The molecule has 1 aromatic rings. The summed E-state index contributed by atoms with van der Waals surface area (Å²) in [7, 11) is 0. The van der Waals surface area contributed by atoms with Crippen LogP contribution in [0.5, 0.6) is 0 Å². The zero-order valence-corrected chi connectivity index (χ0v) is 7.72. The molecule has 0 aromatic carbocycles. The molecule has 13 heavy (non-hydrogen) atoms. The van der Waals surface area contributed by atoms with Crippen LogP contribution in [0.4, 0.5) is 0 Å². The lowest BCUT2D eigenvalue weighted by molar-refractivity contribution is 0.0693. The number of aromatic carboxylic acids is 1. The van der Waals surface area contributed by atoms with E-state index in [-0.39, 0.29) is 10.3 Å². The standard InChI is InChI=1S/C7H8N2O3S/c1-2-9-3-4(6(11)12)5(10)8-7(9)13/h3H,2H2,1H3,(H,11,12)(H,8,10,13). The normalized spacial score (nSPS) is 9.92. The lowest BCUT2D eigenvalue weighted by atomic mass is 10.3. The van der Waals surface area contributed by atoms with Crippen molar-refractivity contribution in [3.05, 3.63) is 26.9 Å². The van der Waals surface area contributed by atoms with Crippen LogP contribution in [0, 0.1) is 4.77 Å². The molecule has 1 aromatic heterocycles. The van der Waals surface area contributed by atoms with Crippen LogP contribution in [0.3, 0.4) is 0 Å². The van der Waals surface area contributed by atoms with Crippen molar-refractivity contribution in [1.82, 2.24) is 9.55 Å². The Bertz CT molecular complexity index is 446. The first-order valence-electron chi connectivity index (χ1n) is 3.63. The average molecular weight is 200 g/mol. The lowest BCUT2D eigenvalue weighted by Gasteiger charge is -2.02. The van der Waals surface area contributed by atoms with Gasteiger partial charge in [0.2, 0.25) is 0 Å². The first-order chi connectivity index (χ1) is 6.06. The van der Waals surface area contributed by atoms with Crippen LogP contribution in [0.15, 0.2) is 11.0 Å². The number of hydrogen-bond donors (Lipinski definition) is 2. The summed E-state index contributed by atoms with van der Waals surface area (Å²) in [5.74, 6) is -1.25. The lowest BCUT2D eigenvalue weighted by Crippen LogP contribution is -2.21. The number of aromatic nitrogens is 2. The van der Waals surface area contributed by atoms with Crippen LogP contribution >= 0.6 is 12.2 Å². The third-order valence-corrected chi connectivity index (χ3v) is 1.92. The van der Waals surface area contributed by atoms with E-state index in [0.29, 0.717) is 6.54 Å². The second-order valence-corrected chi connectivity index (χ2v) is 2.78. The van der Waals surface area contributed by atoms with Crippen molar-refractivity contribution in [2.45, 2.75) is 13.5 Å². The molecule has 0 aliphatic rings. The van der Waals surface area contributed by atoms with E-state index < -0.39 is 11.5 Å². The summed E-state index contributed by atoms with van der Waals surface area (Å²) >= 11 is 4.80. The summed E-state index contributed by atoms with van der Waals surface area (Å²) in [4.78, 5) is 23.8. The van der Waals surface area contributed by atoms with Gasteiger partial charge in [0.05, 0.1) is 0 Å². The second kappa shape index (κ2) is 3.53. The van der Waals surface area contributed by atoms with E-state index in [0.717, 1.165) is 0 Å². The minimum absolute atomic E-state index is 0.234. The van der Waals surface area contributed by atoms with Gasteiger partial charge in [-0.3, -0.25) is 9.78 Å². The van der Waals surface area contributed by atoms with Gasteiger partial charge in [-0.1, -0.05) is 0 Å². The van der Waals surface area contributed by atoms with Gasteiger partial charge < -0.3 is 9.67 Å². The smallest absolute Gasteiger partial charge is 0.342 e. The highest BCUT2D eigenvalue weighted by molar-refractivity contribution is 7.71. The highest BCUT2D eigenvalue weighted by Gasteiger charge is 2.08. The van der Waals surface area contributed by atoms with E-state index in [1.54, 1.807) is 6.92 Å². The van der Waals surface area contributed by atoms with Gasteiger partial charge in [0, 0.05) is 12.7 Å². The second-order valence-electron chi connectivity index (χ2n) is 2.39. The maximum absolute atomic E-state index is 11.0. The Kier molecular flexibility index (Phi) is 2.62. The maximum Gasteiger partial charge on any atom is 0.342 e. The molecule has 0 bridgehead atoms. The van der Waals surface area contributed by atoms with Crippen molar-refractivity contribution >= 4 is 18.2 Å². The number of hydrogen-bond acceptors (Lipinski definition) is 3. The van der Waals surface area contributed by atoms with Gasteiger partial charge in [-0.05, 0) is 19.1 Å². The van der Waals surface area contributed by atoms with E-state index in [2.05, 4.69) is 4.98 Å². The van der Waals surface area contributed by atoms with Crippen molar-refractivity contribution in [2.75, 3.05) is 0 Å². The summed E-state index contributed by atoms with van der Waals surface area (Å²) in [5.41, 5.74) is -0.961. The molecule has 0 spiro atoms. The van der Waals surface area contributed by atoms with Gasteiger partial charge in [0.15, 0.2) is 4.77 Å². The third kappa shape index (κ3) is 1.83. The first-order valence-corrected chi connectivity index (χ1v) is 4.04. The fourth-order valence-corrected chi connectivity index (χ4v) is 1.17. The molecule has 0 fully saturated rings. The molecule has 0 aliphatic carbocycles.